The lowest BCUT2D eigenvalue weighted by Gasteiger charge is -2.54. The van der Waals surface area contributed by atoms with Crippen LogP contribution >= 0.6 is 0 Å². The van der Waals surface area contributed by atoms with Gasteiger partial charge in [0.1, 0.15) is 5.69 Å². The molecule has 0 radical (unpaired) electrons. The molecule has 4 heterocycles. The fourth-order valence-corrected chi connectivity index (χ4v) is 6.39. The number of amides is 1. The summed E-state index contributed by atoms with van der Waals surface area (Å²) in [5.74, 6) is 2.10. The molecule has 5 rings (SSSR count). The second kappa shape index (κ2) is 7.90. The first-order chi connectivity index (χ1) is 14.1. The maximum absolute atomic E-state index is 13.5. The number of nitrogens with zero attached hydrogens (tertiary/aromatic N) is 3. The first-order valence-electron chi connectivity index (χ1n) is 11.9. The number of hydrogen-bond acceptors (Lipinski definition) is 3. The van der Waals surface area contributed by atoms with E-state index in [1.807, 2.05) is 6.07 Å². The monoisotopic (exact) mass is 396 g/mol. The SMILES string of the molecule is CC(C)CCc1cc(C(=O)N2CCCC3=C[C@H]4C[C@@H](CN5CCCC[C@@H]45)[C@H]32)n[nH]1. The van der Waals surface area contributed by atoms with Crippen molar-refractivity contribution in [3.63, 3.8) is 0 Å². The summed E-state index contributed by atoms with van der Waals surface area (Å²) in [6, 6.07) is 3.05. The van der Waals surface area contributed by atoms with Gasteiger partial charge in [0.25, 0.3) is 5.91 Å². The Morgan fingerprint density at radius 1 is 1.28 bits per heavy atom. The van der Waals surface area contributed by atoms with Crippen LogP contribution in [0.15, 0.2) is 17.7 Å². The van der Waals surface area contributed by atoms with Crippen LogP contribution in [0.1, 0.15) is 75.0 Å². The van der Waals surface area contributed by atoms with E-state index in [-0.39, 0.29) is 5.91 Å². The van der Waals surface area contributed by atoms with E-state index in [2.05, 4.69) is 39.9 Å². The fourth-order valence-electron chi connectivity index (χ4n) is 6.39. The van der Waals surface area contributed by atoms with Crippen molar-refractivity contribution in [2.45, 2.75) is 77.3 Å². The van der Waals surface area contributed by atoms with Crippen molar-refractivity contribution in [2.24, 2.45) is 17.8 Å². The van der Waals surface area contributed by atoms with Gasteiger partial charge in [-0.25, -0.2) is 0 Å². The highest BCUT2D eigenvalue weighted by Crippen LogP contribution is 2.45. The number of aryl methyl sites for hydroxylation is 1. The molecule has 2 bridgehead atoms. The quantitative estimate of drug-likeness (QED) is 0.782. The minimum Gasteiger partial charge on any atom is -0.330 e. The first-order valence-corrected chi connectivity index (χ1v) is 11.9. The number of aromatic nitrogens is 2. The summed E-state index contributed by atoms with van der Waals surface area (Å²) in [5.41, 5.74) is 3.25. The summed E-state index contributed by atoms with van der Waals surface area (Å²) < 4.78 is 0. The van der Waals surface area contributed by atoms with Crippen molar-refractivity contribution in [2.75, 3.05) is 19.6 Å². The summed E-state index contributed by atoms with van der Waals surface area (Å²) in [6.07, 6.45) is 12.3. The van der Waals surface area contributed by atoms with Gasteiger partial charge in [-0.3, -0.25) is 14.8 Å². The topological polar surface area (TPSA) is 52.2 Å². The lowest BCUT2D eigenvalue weighted by Crippen LogP contribution is -2.60. The van der Waals surface area contributed by atoms with E-state index in [4.69, 9.17) is 0 Å². The van der Waals surface area contributed by atoms with Crippen molar-refractivity contribution in [3.05, 3.63) is 29.1 Å². The van der Waals surface area contributed by atoms with Gasteiger partial charge in [-0.15, -0.1) is 0 Å². The number of likely N-dealkylation sites (tertiary alicyclic amines) is 1. The van der Waals surface area contributed by atoms with Gasteiger partial charge in [-0.1, -0.05) is 31.9 Å². The lowest BCUT2D eigenvalue weighted by atomic mass is 9.68. The lowest BCUT2D eigenvalue weighted by molar-refractivity contribution is 0.00131. The molecule has 0 unspecified atom stereocenters. The molecule has 1 aromatic rings. The Morgan fingerprint density at radius 3 is 3.03 bits per heavy atom. The summed E-state index contributed by atoms with van der Waals surface area (Å²) in [5, 5.41) is 7.52. The number of aromatic amines is 1. The third kappa shape index (κ3) is 3.67. The molecule has 1 aliphatic carbocycles. The van der Waals surface area contributed by atoms with E-state index >= 15 is 0 Å². The Morgan fingerprint density at radius 2 is 2.17 bits per heavy atom. The van der Waals surface area contributed by atoms with Crippen LogP contribution < -0.4 is 0 Å². The standard InChI is InChI=1S/C24H36N4O/c1-16(2)8-9-20-14-21(26-25-20)24(29)28-11-5-6-17-12-18-13-19(23(17)28)15-27-10-4-3-7-22(18)27/h12,14,16,18-19,22-23H,3-11,13,15H2,1-2H3,(H,25,26)/t18-,19-,22-,23-/m0/s1. The van der Waals surface area contributed by atoms with E-state index in [9.17, 15) is 4.79 Å². The average Bonchev–Trinajstić information content (AvgIpc) is 3.20. The number of fused-ring (bicyclic) bond motifs is 6. The van der Waals surface area contributed by atoms with Gasteiger partial charge in [0.15, 0.2) is 0 Å². The molecule has 4 atom stereocenters. The molecule has 1 N–H and O–H groups in total. The molecule has 3 aliphatic heterocycles. The normalized spacial score (nSPS) is 32.0. The van der Waals surface area contributed by atoms with Crippen LogP contribution in [0.3, 0.4) is 0 Å². The number of nitrogens with one attached hydrogen (secondary N) is 1. The number of rotatable bonds is 4. The zero-order chi connectivity index (χ0) is 20.0. The molecule has 3 fully saturated rings. The van der Waals surface area contributed by atoms with Gasteiger partial charge in [-0.05, 0) is 75.3 Å². The van der Waals surface area contributed by atoms with Crippen molar-refractivity contribution in [1.29, 1.82) is 0 Å². The largest absolute Gasteiger partial charge is 0.330 e. The van der Waals surface area contributed by atoms with Crippen molar-refractivity contribution < 1.29 is 4.79 Å². The number of carbonyl (C=O) groups excluding carboxylic acids is 1. The summed E-state index contributed by atoms with van der Waals surface area (Å²) in [6.45, 7) is 7.77. The van der Waals surface area contributed by atoms with E-state index in [0.29, 0.717) is 29.5 Å². The fraction of sp³-hybridized carbons (Fsp3) is 0.750. The molecule has 0 spiro atoms. The predicted molar refractivity (Wildman–Crippen MR) is 115 cm³/mol. The molecule has 0 saturated carbocycles. The van der Waals surface area contributed by atoms with Crippen LogP contribution in [0.5, 0.6) is 0 Å². The van der Waals surface area contributed by atoms with Crippen molar-refractivity contribution in [1.82, 2.24) is 20.0 Å². The summed E-state index contributed by atoms with van der Waals surface area (Å²) >= 11 is 0. The Kier molecular flexibility index (Phi) is 5.27. The zero-order valence-electron chi connectivity index (χ0n) is 18.1. The summed E-state index contributed by atoms with van der Waals surface area (Å²) in [4.78, 5) is 18.4. The average molecular weight is 397 g/mol. The molecule has 1 aromatic heterocycles. The number of carbonyl (C=O) groups is 1. The minimum absolute atomic E-state index is 0.131. The van der Waals surface area contributed by atoms with Gasteiger partial charge in [0.05, 0.1) is 6.04 Å². The third-order valence-corrected chi connectivity index (χ3v) is 7.76. The molecule has 1 amide bonds. The molecule has 5 heteroatoms. The van der Waals surface area contributed by atoms with Gasteiger partial charge >= 0.3 is 0 Å². The second-order valence-electron chi connectivity index (χ2n) is 10.2. The highest BCUT2D eigenvalue weighted by molar-refractivity contribution is 5.93. The molecule has 4 aliphatic rings. The first kappa shape index (κ1) is 19.3. The zero-order valence-corrected chi connectivity index (χ0v) is 18.1. The molecular weight excluding hydrogens is 360 g/mol. The van der Waals surface area contributed by atoms with Crippen molar-refractivity contribution >= 4 is 5.91 Å². The molecule has 0 aromatic carbocycles. The van der Waals surface area contributed by atoms with Crippen LogP contribution in [0.25, 0.3) is 0 Å². The maximum atomic E-state index is 13.5. The van der Waals surface area contributed by atoms with E-state index in [1.165, 1.54) is 45.2 Å². The van der Waals surface area contributed by atoms with Gasteiger partial charge in [-0.2, -0.15) is 5.10 Å². The molecule has 158 valence electrons. The molecular formula is C24H36N4O. The Balaban J connectivity index is 1.36. The van der Waals surface area contributed by atoms with Gasteiger partial charge in [0.2, 0.25) is 0 Å². The summed E-state index contributed by atoms with van der Waals surface area (Å²) in [7, 11) is 0. The molecule has 5 nitrogen and oxygen atoms in total. The number of hydrogen-bond donors (Lipinski definition) is 1. The smallest absolute Gasteiger partial charge is 0.274 e. The van der Waals surface area contributed by atoms with E-state index < -0.39 is 0 Å². The van der Waals surface area contributed by atoms with Crippen LogP contribution in [0.4, 0.5) is 0 Å². The van der Waals surface area contributed by atoms with E-state index in [0.717, 1.165) is 37.5 Å². The molecule has 29 heavy (non-hydrogen) atoms. The Bertz CT molecular complexity index is 782. The van der Waals surface area contributed by atoms with Crippen LogP contribution in [-0.4, -0.2) is 57.6 Å². The second-order valence-corrected chi connectivity index (χ2v) is 10.2. The maximum Gasteiger partial charge on any atom is 0.274 e. The van der Waals surface area contributed by atoms with Gasteiger partial charge < -0.3 is 4.90 Å². The van der Waals surface area contributed by atoms with Crippen molar-refractivity contribution in [3.8, 4) is 0 Å². The van der Waals surface area contributed by atoms with Crippen LogP contribution in [0, 0.1) is 17.8 Å². The number of H-pyrrole nitrogens is 1. The highest BCUT2D eigenvalue weighted by Gasteiger charge is 2.47. The Hall–Kier alpha value is -1.62. The number of piperidine rings is 3. The highest BCUT2D eigenvalue weighted by atomic mass is 16.2. The van der Waals surface area contributed by atoms with E-state index in [1.54, 1.807) is 5.57 Å². The third-order valence-electron chi connectivity index (χ3n) is 7.76. The van der Waals surface area contributed by atoms with Crippen LogP contribution in [-0.2, 0) is 6.42 Å². The minimum atomic E-state index is 0.131. The Labute approximate surface area is 174 Å². The molecule has 3 saturated heterocycles. The van der Waals surface area contributed by atoms with Crippen LogP contribution in [0.2, 0.25) is 0 Å². The van der Waals surface area contributed by atoms with Gasteiger partial charge in [0, 0.05) is 24.8 Å². The predicted octanol–water partition coefficient (Wildman–Crippen LogP) is 4.03.